The Morgan fingerprint density at radius 1 is 1.40 bits per heavy atom. The second-order valence-corrected chi connectivity index (χ2v) is 4.61. The summed E-state index contributed by atoms with van der Waals surface area (Å²) in [5, 5.41) is 3.43. The number of nitrogens with one attached hydrogen (secondary N) is 1. The van der Waals surface area contributed by atoms with Gasteiger partial charge in [-0.3, -0.25) is 0 Å². The zero-order valence-corrected chi connectivity index (χ0v) is 9.58. The van der Waals surface area contributed by atoms with E-state index in [2.05, 4.69) is 22.2 Å². The molecule has 1 fully saturated rings. The van der Waals surface area contributed by atoms with Crippen molar-refractivity contribution in [2.75, 3.05) is 11.9 Å². The summed E-state index contributed by atoms with van der Waals surface area (Å²) in [6, 6.07) is 2.00. The first kappa shape index (κ1) is 10.4. The van der Waals surface area contributed by atoms with Gasteiger partial charge in [-0.25, -0.2) is 9.97 Å². The highest BCUT2D eigenvalue weighted by Crippen LogP contribution is 2.43. The number of hydrogen-bond acceptors (Lipinski definition) is 3. The largest absolute Gasteiger partial charge is 0.369 e. The number of rotatable bonds is 4. The first-order valence-corrected chi connectivity index (χ1v) is 5.77. The second kappa shape index (κ2) is 4.17. The van der Waals surface area contributed by atoms with Gasteiger partial charge in [0.1, 0.15) is 12.1 Å². The summed E-state index contributed by atoms with van der Waals surface area (Å²) < 4.78 is 0. The Labute approximate surface area is 91.3 Å². The maximum atomic E-state index is 4.21. The molecule has 0 aromatic carbocycles. The van der Waals surface area contributed by atoms with Gasteiger partial charge in [0.15, 0.2) is 0 Å². The molecule has 0 spiro atoms. The van der Waals surface area contributed by atoms with Gasteiger partial charge in [0.2, 0.25) is 0 Å². The molecule has 82 valence electrons. The fourth-order valence-corrected chi connectivity index (χ4v) is 2.16. The molecule has 3 nitrogen and oxygen atoms in total. The van der Waals surface area contributed by atoms with Crippen LogP contribution in [0, 0.1) is 12.3 Å². The third-order valence-corrected chi connectivity index (χ3v) is 3.61. The molecule has 3 heteroatoms. The molecule has 0 aliphatic heterocycles. The number of aryl methyl sites for hydroxylation is 1. The summed E-state index contributed by atoms with van der Waals surface area (Å²) in [6.07, 6.45) is 7.00. The Morgan fingerprint density at radius 3 is 2.73 bits per heavy atom. The average molecular weight is 205 g/mol. The van der Waals surface area contributed by atoms with Crippen LogP contribution in [0.5, 0.6) is 0 Å². The van der Waals surface area contributed by atoms with Crippen LogP contribution in [-0.2, 0) is 0 Å². The van der Waals surface area contributed by atoms with Crippen molar-refractivity contribution in [3.63, 3.8) is 0 Å². The lowest BCUT2D eigenvalue weighted by atomic mass is 9.67. The lowest BCUT2D eigenvalue weighted by molar-refractivity contribution is 0.145. The highest BCUT2D eigenvalue weighted by Gasteiger charge is 2.34. The topological polar surface area (TPSA) is 37.8 Å². The summed E-state index contributed by atoms with van der Waals surface area (Å²) in [4.78, 5) is 8.30. The van der Waals surface area contributed by atoms with Crippen LogP contribution in [-0.4, -0.2) is 16.5 Å². The number of nitrogens with zero attached hydrogens (tertiary/aromatic N) is 2. The molecule has 1 saturated carbocycles. The van der Waals surface area contributed by atoms with E-state index in [0.29, 0.717) is 5.41 Å². The van der Waals surface area contributed by atoms with Crippen molar-refractivity contribution in [2.45, 2.75) is 39.5 Å². The van der Waals surface area contributed by atoms with Gasteiger partial charge in [0.05, 0.1) is 0 Å². The van der Waals surface area contributed by atoms with Gasteiger partial charge in [-0.1, -0.05) is 13.3 Å². The minimum Gasteiger partial charge on any atom is -0.369 e. The summed E-state index contributed by atoms with van der Waals surface area (Å²) >= 11 is 0. The van der Waals surface area contributed by atoms with E-state index in [1.165, 1.54) is 25.7 Å². The zero-order valence-electron chi connectivity index (χ0n) is 9.58. The molecule has 1 aliphatic carbocycles. The molecule has 0 unspecified atom stereocenters. The SMILES string of the molecule is CCC1(CNc2cc(C)ncn2)CCC1. The normalized spacial score (nSPS) is 18.3. The maximum absolute atomic E-state index is 4.21. The summed E-state index contributed by atoms with van der Waals surface area (Å²) in [7, 11) is 0. The smallest absolute Gasteiger partial charge is 0.129 e. The quantitative estimate of drug-likeness (QED) is 0.821. The first-order chi connectivity index (χ1) is 7.24. The van der Waals surface area contributed by atoms with E-state index in [4.69, 9.17) is 0 Å². The van der Waals surface area contributed by atoms with E-state index < -0.39 is 0 Å². The average Bonchev–Trinajstić information content (AvgIpc) is 2.17. The predicted molar refractivity (Wildman–Crippen MR) is 61.8 cm³/mol. The molecule has 0 bridgehead atoms. The molecule has 2 rings (SSSR count). The van der Waals surface area contributed by atoms with Crippen LogP contribution in [0.25, 0.3) is 0 Å². The lowest BCUT2D eigenvalue weighted by Gasteiger charge is -2.41. The summed E-state index contributed by atoms with van der Waals surface area (Å²) in [5.41, 5.74) is 1.56. The van der Waals surface area contributed by atoms with Crippen LogP contribution in [0.2, 0.25) is 0 Å². The van der Waals surface area contributed by atoms with Crippen LogP contribution in [0.3, 0.4) is 0 Å². The lowest BCUT2D eigenvalue weighted by Crippen LogP contribution is -2.36. The molecule has 0 saturated heterocycles. The molecular formula is C12H19N3. The molecule has 1 N–H and O–H groups in total. The van der Waals surface area contributed by atoms with Crippen molar-refractivity contribution in [2.24, 2.45) is 5.41 Å². The Morgan fingerprint density at radius 2 is 2.20 bits per heavy atom. The Balaban J connectivity index is 1.92. The van der Waals surface area contributed by atoms with Crippen LogP contribution in [0.15, 0.2) is 12.4 Å². The Bertz CT molecular complexity index is 326. The number of anilines is 1. The van der Waals surface area contributed by atoms with Crippen molar-refractivity contribution in [3.05, 3.63) is 18.1 Å². The molecule has 1 heterocycles. The van der Waals surface area contributed by atoms with Gasteiger partial charge in [0.25, 0.3) is 0 Å². The molecule has 0 radical (unpaired) electrons. The van der Waals surface area contributed by atoms with Crippen LogP contribution < -0.4 is 5.32 Å². The van der Waals surface area contributed by atoms with Crippen molar-refractivity contribution >= 4 is 5.82 Å². The third-order valence-electron chi connectivity index (χ3n) is 3.61. The van der Waals surface area contributed by atoms with E-state index in [9.17, 15) is 0 Å². The molecular weight excluding hydrogens is 186 g/mol. The van der Waals surface area contributed by atoms with Crippen LogP contribution >= 0.6 is 0 Å². The van der Waals surface area contributed by atoms with Gasteiger partial charge in [-0.15, -0.1) is 0 Å². The van der Waals surface area contributed by atoms with Crippen molar-refractivity contribution in [1.82, 2.24) is 9.97 Å². The molecule has 0 atom stereocenters. The van der Waals surface area contributed by atoms with Crippen molar-refractivity contribution < 1.29 is 0 Å². The fraction of sp³-hybridized carbons (Fsp3) is 0.667. The predicted octanol–water partition coefficient (Wildman–Crippen LogP) is 2.78. The van der Waals surface area contributed by atoms with E-state index in [-0.39, 0.29) is 0 Å². The van der Waals surface area contributed by atoms with Crippen molar-refractivity contribution in [1.29, 1.82) is 0 Å². The molecule has 1 aromatic rings. The second-order valence-electron chi connectivity index (χ2n) is 4.61. The third kappa shape index (κ3) is 2.28. The van der Waals surface area contributed by atoms with E-state index in [1.807, 2.05) is 13.0 Å². The van der Waals surface area contributed by atoms with Gasteiger partial charge < -0.3 is 5.32 Å². The van der Waals surface area contributed by atoms with Crippen LogP contribution in [0.1, 0.15) is 38.3 Å². The van der Waals surface area contributed by atoms with Crippen LogP contribution in [0.4, 0.5) is 5.82 Å². The van der Waals surface area contributed by atoms with Gasteiger partial charge in [0, 0.05) is 18.3 Å². The zero-order chi connectivity index (χ0) is 10.7. The van der Waals surface area contributed by atoms with E-state index in [1.54, 1.807) is 6.33 Å². The molecule has 15 heavy (non-hydrogen) atoms. The fourth-order valence-electron chi connectivity index (χ4n) is 2.16. The standard InChI is InChI=1S/C12H19N3/c1-3-12(5-4-6-12)8-13-11-7-10(2)14-9-15-11/h7,9H,3-6,8H2,1-2H3,(H,13,14,15). The van der Waals surface area contributed by atoms with Gasteiger partial charge in [-0.05, 0) is 31.6 Å². The monoisotopic (exact) mass is 205 g/mol. The van der Waals surface area contributed by atoms with Crippen molar-refractivity contribution in [3.8, 4) is 0 Å². The molecule has 1 aliphatic rings. The number of hydrogen-bond donors (Lipinski definition) is 1. The first-order valence-electron chi connectivity index (χ1n) is 5.77. The minimum atomic E-state index is 0.541. The highest BCUT2D eigenvalue weighted by molar-refractivity contribution is 5.34. The minimum absolute atomic E-state index is 0.541. The van der Waals surface area contributed by atoms with Gasteiger partial charge >= 0.3 is 0 Å². The molecule has 1 aromatic heterocycles. The molecule has 0 amide bonds. The maximum Gasteiger partial charge on any atom is 0.129 e. The number of aromatic nitrogens is 2. The highest BCUT2D eigenvalue weighted by atomic mass is 15.0. The summed E-state index contributed by atoms with van der Waals surface area (Å²) in [6.45, 7) is 5.33. The Kier molecular flexibility index (Phi) is 2.89. The Hall–Kier alpha value is -1.12. The van der Waals surface area contributed by atoms with Gasteiger partial charge in [-0.2, -0.15) is 0 Å². The van der Waals surface area contributed by atoms with E-state index >= 15 is 0 Å². The van der Waals surface area contributed by atoms with E-state index in [0.717, 1.165) is 18.1 Å². The summed E-state index contributed by atoms with van der Waals surface area (Å²) in [5.74, 6) is 0.960.